The lowest BCUT2D eigenvalue weighted by Crippen LogP contribution is -2.24. The Bertz CT molecular complexity index is 391. The van der Waals surface area contributed by atoms with Gasteiger partial charge in [0.05, 0.1) is 5.69 Å². The van der Waals surface area contributed by atoms with Gasteiger partial charge in [-0.25, -0.2) is 4.98 Å². The monoisotopic (exact) mass is 237 g/mol. The minimum absolute atomic E-state index is 0.393. The van der Waals surface area contributed by atoms with Crippen molar-refractivity contribution in [3.05, 3.63) is 15.6 Å². The molecule has 0 bridgehead atoms. The second-order valence-electron chi connectivity index (χ2n) is 5.48. The van der Waals surface area contributed by atoms with Crippen LogP contribution in [-0.4, -0.2) is 10.1 Å². The first-order valence-corrected chi connectivity index (χ1v) is 7.17. The smallest absolute Gasteiger partial charge is 0.121 e. The highest BCUT2D eigenvalue weighted by molar-refractivity contribution is 7.11. The Balaban J connectivity index is 1.88. The highest BCUT2D eigenvalue weighted by Gasteiger charge is 2.38. The second kappa shape index (κ2) is 3.81. The number of aryl methyl sites for hydroxylation is 1. The molecule has 1 atom stereocenters. The lowest BCUT2D eigenvalue weighted by Gasteiger charge is -2.32. The number of hydrogen-bond acceptors (Lipinski definition) is 3. The van der Waals surface area contributed by atoms with Crippen LogP contribution in [0.3, 0.4) is 0 Å². The van der Waals surface area contributed by atoms with Gasteiger partial charge in [0, 0.05) is 4.88 Å². The number of aliphatic hydroxyl groups excluding tert-OH is 1. The predicted octanol–water partition coefficient (Wildman–Crippen LogP) is 3.25. The number of thiazole rings is 1. The molecule has 1 spiro atoms. The van der Waals surface area contributed by atoms with Crippen LogP contribution in [0.15, 0.2) is 0 Å². The molecule has 88 valence electrons. The number of aromatic nitrogens is 1. The normalized spacial score (nSPS) is 24.6. The summed E-state index contributed by atoms with van der Waals surface area (Å²) in [5.41, 5.74) is 1.88. The number of hydrogen-bond donors (Lipinski definition) is 1. The molecule has 3 heteroatoms. The summed E-state index contributed by atoms with van der Waals surface area (Å²) in [7, 11) is 0. The van der Waals surface area contributed by atoms with Gasteiger partial charge in [0.1, 0.15) is 11.1 Å². The van der Waals surface area contributed by atoms with Gasteiger partial charge in [0.15, 0.2) is 0 Å². The molecule has 0 radical (unpaired) electrons. The highest BCUT2D eigenvalue weighted by Crippen LogP contribution is 2.49. The molecule has 1 saturated carbocycles. The Labute approximate surface area is 101 Å². The molecule has 16 heavy (non-hydrogen) atoms. The highest BCUT2D eigenvalue weighted by atomic mass is 32.1. The number of nitrogens with zero attached hydrogens (tertiary/aromatic N) is 1. The van der Waals surface area contributed by atoms with Crippen LogP contribution in [0.1, 0.15) is 60.7 Å². The van der Waals surface area contributed by atoms with Crippen molar-refractivity contribution in [1.29, 1.82) is 0 Å². The first-order valence-electron chi connectivity index (χ1n) is 6.35. The van der Waals surface area contributed by atoms with Gasteiger partial charge in [0.2, 0.25) is 0 Å². The van der Waals surface area contributed by atoms with E-state index in [-0.39, 0.29) is 0 Å². The Morgan fingerprint density at radius 1 is 1.31 bits per heavy atom. The maximum Gasteiger partial charge on any atom is 0.121 e. The van der Waals surface area contributed by atoms with Gasteiger partial charge in [-0.1, -0.05) is 12.8 Å². The average Bonchev–Trinajstić information content (AvgIpc) is 2.85. The zero-order valence-electron chi connectivity index (χ0n) is 9.83. The van der Waals surface area contributed by atoms with Crippen LogP contribution >= 0.6 is 11.3 Å². The maximum absolute atomic E-state index is 9.58. The fourth-order valence-electron chi connectivity index (χ4n) is 3.28. The van der Waals surface area contributed by atoms with E-state index in [1.165, 1.54) is 49.1 Å². The van der Waals surface area contributed by atoms with Crippen LogP contribution in [0.2, 0.25) is 0 Å². The van der Waals surface area contributed by atoms with Crippen molar-refractivity contribution in [2.75, 3.05) is 0 Å². The van der Waals surface area contributed by atoms with E-state index in [2.05, 4.69) is 4.98 Å². The topological polar surface area (TPSA) is 33.1 Å². The van der Waals surface area contributed by atoms with E-state index >= 15 is 0 Å². The van der Waals surface area contributed by atoms with Crippen molar-refractivity contribution >= 4 is 11.3 Å². The Morgan fingerprint density at radius 3 is 2.75 bits per heavy atom. The molecule has 1 heterocycles. The molecular formula is C13H19NOS. The van der Waals surface area contributed by atoms with Crippen molar-refractivity contribution in [1.82, 2.24) is 4.98 Å². The van der Waals surface area contributed by atoms with E-state index in [9.17, 15) is 5.11 Å². The summed E-state index contributed by atoms with van der Waals surface area (Å²) < 4.78 is 0. The third-order valence-corrected chi connectivity index (χ3v) is 5.51. The van der Waals surface area contributed by atoms with Crippen LogP contribution in [-0.2, 0) is 12.8 Å². The molecule has 1 unspecified atom stereocenters. The summed E-state index contributed by atoms with van der Waals surface area (Å²) in [4.78, 5) is 6.04. The summed E-state index contributed by atoms with van der Waals surface area (Å²) in [5, 5.41) is 10.5. The zero-order chi connectivity index (χ0) is 11.2. The van der Waals surface area contributed by atoms with Gasteiger partial charge < -0.3 is 5.11 Å². The Morgan fingerprint density at radius 2 is 2.06 bits per heavy atom. The molecule has 2 aliphatic rings. The summed E-state index contributed by atoms with van der Waals surface area (Å²) >= 11 is 1.74. The van der Waals surface area contributed by atoms with E-state index in [0.29, 0.717) is 5.41 Å². The van der Waals surface area contributed by atoms with E-state index in [0.717, 1.165) is 11.4 Å². The molecule has 2 nitrogen and oxygen atoms in total. The van der Waals surface area contributed by atoms with Crippen LogP contribution in [0, 0.1) is 5.41 Å². The van der Waals surface area contributed by atoms with Gasteiger partial charge in [-0.2, -0.15) is 0 Å². The molecule has 1 N–H and O–H groups in total. The molecule has 0 aliphatic heterocycles. The van der Waals surface area contributed by atoms with Gasteiger partial charge in [-0.05, 0) is 44.4 Å². The van der Waals surface area contributed by atoms with Gasteiger partial charge in [0.25, 0.3) is 0 Å². The van der Waals surface area contributed by atoms with Crippen LogP contribution in [0.4, 0.5) is 0 Å². The lowest BCUT2D eigenvalue weighted by atomic mass is 9.74. The average molecular weight is 237 g/mol. The van der Waals surface area contributed by atoms with Crippen molar-refractivity contribution in [3.63, 3.8) is 0 Å². The van der Waals surface area contributed by atoms with Crippen molar-refractivity contribution in [2.24, 2.45) is 5.41 Å². The molecule has 0 aromatic carbocycles. The predicted molar refractivity (Wildman–Crippen MR) is 65.7 cm³/mol. The van der Waals surface area contributed by atoms with Crippen LogP contribution in [0.5, 0.6) is 0 Å². The van der Waals surface area contributed by atoms with E-state index in [4.69, 9.17) is 0 Å². The maximum atomic E-state index is 9.58. The third kappa shape index (κ3) is 1.70. The summed E-state index contributed by atoms with van der Waals surface area (Å²) in [6.07, 6.45) is 8.95. The number of aliphatic hydroxyl groups is 1. The Hall–Kier alpha value is -0.410. The van der Waals surface area contributed by atoms with E-state index in [1.807, 2.05) is 6.92 Å². The largest absolute Gasteiger partial charge is 0.386 e. The van der Waals surface area contributed by atoms with Gasteiger partial charge in [-0.15, -0.1) is 11.3 Å². The molecule has 0 amide bonds. The Kier molecular flexibility index (Phi) is 2.55. The lowest BCUT2D eigenvalue weighted by molar-refractivity contribution is 0.198. The molecule has 0 saturated heterocycles. The molecule has 2 aliphatic carbocycles. The first kappa shape index (κ1) is 10.7. The molecule has 3 rings (SSSR count). The van der Waals surface area contributed by atoms with Crippen LogP contribution in [0.25, 0.3) is 0 Å². The summed E-state index contributed by atoms with van der Waals surface area (Å²) in [6.45, 7) is 1.82. The van der Waals surface area contributed by atoms with Crippen molar-refractivity contribution in [3.8, 4) is 0 Å². The molecule has 1 aromatic heterocycles. The first-order chi connectivity index (χ1) is 7.69. The molecular weight excluding hydrogens is 218 g/mol. The van der Waals surface area contributed by atoms with Crippen molar-refractivity contribution < 1.29 is 5.11 Å². The van der Waals surface area contributed by atoms with Crippen LogP contribution < -0.4 is 0 Å². The summed E-state index contributed by atoms with van der Waals surface area (Å²) in [6, 6.07) is 0. The zero-order valence-corrected chi connectivity index (χ0v) is 10.6. The minimum Gasteiger partial charge on any atom is -0.386 e. The number of fused-ring (bicyclic) bond motifs is 1. The van der Waals surface area contributed by atoms with E-state index < -0.39 is 6.10 Å². The quantitative estimate of drug-likeness (QED) is 0.813. The van der Waals surface area contributed by atoms with Gasteiger partial charge in [-0.3, -0.25) is 0 Å². The fraction of sp³-hybridized carbons (Fsp3) is 0.769. The number of rotatable bonds is 1. The SMILES string of the molecule is CC(O)c1nc2c(s1)CC1(CCCC1)CC2. The standard InChI is InChI=1S/C13H19NOS/c1-9(15)12-14-10-4-7-13(5-2-3-6-13)8-11(10)16-12/h9,15H,2-8H2,1H3. The van der Waals surface area contributed by atoms with Crippen molar-refractivity contribution in [2.45, 2.75) is 58.0 Å². The molecule has 1 aromatic rings. The van der Waals surface area contributed by atoms with Gasteiger partial charge >= 0.3 is 0 Å². The summed E-state index contributed by atoms with van der Waals surface area (Å²) in [5.74, 6) is 0. The van der Waals surface area contributed by atoms with E-state index in [1.54, 1.807) is 11.3 Å². The minimum atomic E-state index is -0.393. The third-order valence-electron chi connectivity index (χ3n) is 4.24. The second-order valence-corrected chi connectivity index (χ2v) is 6.60. The fourth-order valence-corrected chi connectivity index (χ4v) is 4.50. The molecule has 1 fully saturated rings.